The Morgan fingerprint density at radius 1 is 1.38 bits per heavy atom. The molecule has 0 spiro atoms. The van der Waals surface area contributed by atoms with Gasteiger partial charge in [0.15, 0.2) is 12.4 Å². The van der Waals surface area contributed by atoms with Gasteiger partial charge in [-0.25, -0.2) is 9.78 Å². The third-order valence-corrected chi connectivity index (χ3v) is 2.41. The Labute approximate surface area is 120 Å². The van der Waals surface area contributed by atoms with Gasteiger partial charge >= 0.3 is 5.97 Å². The molecule has 0 atom stereocenters. The molecule has 2 rings (SSSR count). The average Bonchev–Trinajstić information content (AvgIpc) is 2.90. The summed E-state index contributed by atoms with van der Waals surface area (Å²) in [6.45, 7) is 1.26. The summed E-state index contributed by atoms with van der Waals surface area (Å²) in [4.78, 5) is 27.1. The van der Waals surface area contributed by atoms with Gasteiger partial charge in [-0.15, -0.1) is 0 Å². The summed E-state index contributed by atoms with van der Waals surface area (Å²) >= 11 is 0. The molecule has 2 aromatic rings. The first kappa shape index (κ1) is 14.5. The summed E-state index contributed by atoms with van der Waals surface area (Å²) in [5, 5.41) is 6.02. The van der Waals surface area contributed by atoms with Crippen molar-refractivity contribution in [2.45, 2.75) is 6.92 Å². The van der Waals surface area contributed by atoms with E-state index < -0.39 is 18.5 Å². The van der Waals surface area contributed by atoms with Crippen LogP contribution in [-0.2, 0) is 9.53 Å². The second-order valence-corrected chi connectivity index (χ2v) is 4.04. The fourth-order valence-electron chi connectivity index (χ4n) is 1.44. The van der Waals surface area contributed by atoms with Crippen molar-refractivity contribution in [3.8, 4) is 5.88 Å². The van der Waals surface area contributed by atoms with Crippen LogP contribution in [0.1, 0.15) is 16.1 Å². The largest absolute Gasteiger partial charge is 0.481 e. The van der Waals surface area contributed by atoms with Gasteiger partial charge < -0.3 is 19.3 Å². The normalized spacial score (nSPS) is 10.0. The Balaban J connectivity index is 1.83. The minimum absolute atomic E-state index is 0.223. The summed E-state index contributed by atoms with van der Waals surface area (Å²) in [5.74, 6) is 0.0340. The lowest BCUT2D eigenvalue weighted by atomic mass is 10.3. The van der Waals surface area contributed by atoms with E-state index in [1.165, 1.54) is 25.4 Å². The maximum atomic E-state index is 11.7. The predicted octanol–water partition coefficient (Wildman–Crippen LogP) is 1.18. The molecule has 0 saturated carbocycles. The molecule has 0 bridgehead atoms. The van der Waals surface area contributed by atoms with Crippen molar-refractivity contribution in [3.05, 3.63) is 35.7 Å². The highest BCUT2D eigenvalue weighted by atomic mass is 16.5. The minimum Gasteiger partial charge on any atom is -0.481 e. The smallest absolute Gasteiger partial charge is 0.340 e. The number of methoxy groups -OCH3 is 1. The van der Waals surface area contributed by atoms with E-state index in [1.807, 2.05) is 0 Å². The van der Waals surface area contributed by atoms with Crippen LogP contribution in [0.25, 0.3) is 0 Å². The molecule has 0 aliphatic heterocycles. The molecule has 0 radical (unpaired) electrons. The molecule has 8 nitrogen and oxygen atoms in total. The van der Waals surface area contributed by atoms with Gasteiger partial charge in [-0.1, -0.05) is 5.16 Å². The molecule has 1 amide bonds. The molecular weight excluding hydrogens is 278 g/mol. The van der Waals surface area contributed by atoms with E-state index in [2.05, 4.69) is 15.5 Å². The number of hydrogen-bond acceptors (Lipinski definition) is 7. The van der Waals surface area contributed by atoms with E-state index in [0.717, 1.165) is 0 Å². The van der Waals surface area contributed by atoms with Crippen molar-refractivity contribution in [1.82, 2.24) is 10.1 Å². The number of nitrogens with zero attached hydrogens (tertiary/aromatic N) is 2. The lowest BCUT2D eigenvalue weighted by Gasteiger charge is -2.04. The highest BCUT2D eigenvalue weighted by Gasteiger charge is 2.12. The van der Waals surface area contributed by atoms with Crippen LogP contribution in [0.2, 0.25) is 0 Å². The first-order chi connectivity index (χ1) is 10.1. The number of pyridine rings is 1. The molecule has 2 heterocycles. The molecule has 1 N–H and O–H groups in total. The second kappa shape index (κ2) is 6.51. The van der Waals surface area contributed by atoms with E-state index in [9.17, 15) is 9.59 Å². The van der Waals surface area contributed by atoms with Crippen LogP contribution >= 0.6 is 0 Å². The van der Waals surface area contributed by atoms with Crippen molar-refractivity contribution < 1.29 is 23.6 Å². The third kappa shape index (κ3) is 4.03. The standard InChI is InChI=1S/C13H13N3O5/c1-8-5-10(16-21-8)15-11(17)7-20-13(18)9-3-4-12(19-2)14-6-9/h3-6H,7H2,1-2H3,(H,15,16,17). The number of nitrogens with one attached hydrogen (secondary N) is 1. The third-order valence-electron chi connectivity index (χ3n) is 2.41. The Bertz CT molecular complexity index is 636. The molecule has 0 fully saturated rings. The van der Waals surface area contributed by atoms with Gasteiger partial charge in [0.1, 0.15) is 5.76 Å². The van der Waals surface area contributed by atoms with Crippen molar-refractivity contribution in [2.75, 3.05) is 19.0 Å². The molecule has 110 valence electrons. The van der Waals surface area contributed by atoms with Gasteiger partial charge in [0.05, 0.1) is 12.7 Å². The number of anilines is 1. The number of hydrogen-bond donors (Lipinski definition) is 1. The van der Waals surface area contributed by atoms with Gasteiger partial charge in [0.25, 0.3) is 5.91 Å². The number of carbonyl (C=O) groups is 2. The SMILES string of the molecule is COc1ccc(C(=O)OCC(=O)Nc2cc(C)on2)cn1. The van der Waals surface area contributed by atoms with Gasteiger partial charge in [-0.05, 0) is 13.0 Å². The fraction of sp³-hybridized carbons (Fsp3) is 0.231. The second-order valence-electron chi connectivity index (χ2n) is 4.04. The van der Waals surface area contributed by atoms with Crippen LogP contribution in [0.3, 0.4) is 0 Å². The fourth-order valence-corrected chi connectivity index (χ4v) is 1.44. The van der Waals surface area contributed by atoms with Crippen LogP contribution in [-0.4, -0.2) is 35.7 Å². The monoisotopic (exact) mass is 291 g/mol. The van der Waals surface area contributed by atoms with Crippen molar-refractivity contribution >= 4 is 17.7 Å². The van der Waals surface area contributed by atoms with E-state index >= 15 is 0 Å². The molecule has 21 heavy (non-hydrogen) atoms. The predicted molar refractivity (Wildman–Crippen MR) is 70.9 cm³/mol. The molecule has 0 aromatic carbocycles. The van der Waals surface area contributed by atoms with E-state index in [4.69, 9.17) is 14.0 Å². The molecule has 0 aliphatic rings. The van der Waals surface area contributed by atoms with E-state index in [-0.39, 0.29) is 11.4 Å². The number of amides is 1. The maximum absolute atomic E-state index is 11.7. The van der Waals surface area contributed by atoms with Crippen LogP contribution in [0.15, 0.2) is 28.9 Å². The van der Waals surface area contributed by atoms with Gasteiger partial charge in [-0.2, -0.15) is 0 Å². The summed E-state index contributed by atoms with van der Waals surface area (Å²) in [6, 6.07) is 4.56. The number of esters is 1. The summed E-state index contributed by atoms with van der Waals surface area (Å²) in [5.41, 5.74) is 0.223. The Hall–Kier alpha value is -2.90. The zero-order valence-corrected chi connectivity index (χ0v) is 11.5. The first-order valence-corrected chi connectivity index (χ1v) is 5.99. The zero-order valence-electron chi connectivity index (χ0n) is 11.5. The number of carbonyl (C=O) groups excluding carboxylic acids is 2. The van der Waals surface area contributed by atoms with Crippen molar-refractivity contribution in [1.29, 1.82) is 0 Å². The summed E-state index contributed by atoms with van der Waals surface area (Å²) in [6.07, 6.45) is 1.31. The van der Waals surface area contributed by atoms with Crippen LogP contribution < -0.4 is 10.1 Å². The first-order valence-electron chi connectivity index (χ1n) is 5.99. The summed E-state index contributed by atoms with van der Waals surface area (Å²) in [7, 11) is 1.47. The van der Waals surface area contributed by atoms with Crippen LogP contribution in [0.4, 0.5) is 5.82 Å². The number of ether oxygens (including phenoxy) is 2. The number of rotatable bonds is 5. The molecule has 0 aliphatic carbocycles. The average molecular weight is 291 g/mol. The Morgan fingerprint density at radius 2 is 2.19 bits per heavy atom. The van der Waals surface area contributed by atoms with Gasteiger partial charge in [0.2, 0.25) is 5.88 Å². The number of aryl methyl sites for hydroxylation is 1. The quantitative estimate of drug-likeness (QED) is 0.825. The van der Waals surface area contributed by atoms with Crippen LogP contribution in [0.5, 0.6) is 5.88 Å². The lowest BCUT2D eigenvalue weighted by Crippen LogP contribution is -2.21. The lowest BCUT2D eigenvalue weighted by molar-refractivity contribution is -0.119. The highest BCUT2D eigenvalue weighted by molar-refractivity contribution is 5.94. The van der Waals surface area contributed by atoms with E-state index in [1.54, 1.807) is 13.0 Å². The number of aromatic nitrogens is 2. The van der Waals surface area contributed by atoms with Crippen LogP contribution in [0, 0.1) is 6.92 Å². The minimum atomic E-state index is -0.656. The summed E-state index contributed by atoms with van der Waals surface area (Å²) < 4.78 is 14.5. The molecule has 0 saturated heterocycles. The molecule has 8 heteroatoms. The molecule has 2 aromatic heterocycles. The van der Waals surface area contributed by atoms with Gasteiger partial charge in [0, 0.05) is 18.3 Å². The Morgan fingerprint density at radius 3 is 2.76 bits per heavy atom. The molecule has 0 unspecified atom stereocenters. The highest BCUT2D eigenvalue weighted by Crippen LogP contribution is 2.09. The molecular formula is C13H13N3O5. The zero-order chi connectivity index (χ0) is 15.2. The van der Waals surface area contributed by atoms with Crippen molar-refractivity contribution in [3.63, 3.8) is 0 Å². The maximum Gasteiger partial charge on any atom is 0.340 e. The van der Waals surface area contributed by atoms with E-state index in [0.29, 0.717) is 11.6 Å². The Kier molecular flexibility index (Phi) is 4.50. The van der Waals surface area contributed by atoms with Crippen molar-refractivity contribution in [2.24, 2.45) is 0 Å². The van der Waals surface area contributed by atoms with Gasteiger partial charge in [-0.3, -0.25) is 4.79 Å². The topological polar surface area (TPSA) is 104 Å².